The van der Waals surface area contributed by atoms with Crippen LogP contribution in [0.2, 0.25) is 0 Å². The summed E-state index contributed by atoms with van der Waals surface area (Å²) in [5.41, 5.74) is 2.91. The number of amides is 1. The Morgan fingerprint density at radius 2 is 2.17 bits per heavy atom. The smallest absolute Gasteiger partial charge is 0.246 e. The van der Waals surface area contributed by atoms with Crippen molar-refractivity contribution >= 4 is 23.6 Å². The molecular weight excluding hydrogens is 378 g/mol. The standard InChI is InChI=1S/C22H25N7O/c1-15-5-4-9-23-22(15)27-20-11-19(25-16(2)26-20)18-8-10-29(14-18)21(30)7-6-17-12-24-28(3)13-17/h4-7,9,11-13,18H,8,10,14H2,1-3H3,(H,23,25,26,27)/b7-6+. The fourth-order valence-electron chi connectivity index (χ4n) is 3.60. The van der Waals surface area contributed by atoms with E-state index in [2.05, 4.69) is 25.4 Å². The molecule has 154 valence electrons. The monoisotopic (exact) mass is 403 g/mol. The zero-order valence-electron chi connectivity index (χ0n) is 17.4. The van der Waals surface area contributed by atoms with Gasteiger partial charge in [-0.3, -0.25) is 9.48 Å². The van der Waals surface area contributed by atoms with Crippen molar-refractivity contribution in [2.24, 2.45) is 7.05 Å². The summed E-state index contributed by atoms with van der Waals surface area (Å²) in [6, 6.07) is 5.87. The van der Waals surface area contributed by atoms with Crippen LogP contribution in [0.3, 0.4) is 0 Å². The van der Waals surface area contributed by atoms with E-state index >= 15 is 0 Å². The first-order chi connectivity index (χ1) is 14.5. The van der Waals surface area contributed by atoms with Crippen molar-refractivity contribution < 1.29 is 4.79 Å². The van der Waals surface area contributed by atoms with Gasteiger partial charge < -0.3 is 10.2 Å². The van der Waals surface area contributed by atoms with Gasteiger partial charge in [0.15, 0.2) is 0 Å². The van der Waals surface area contributed by atoms with Crippen molar-refractivity contribution in [1.29, 1.82) is 0 Å². The Bertz CT molecular complexity index is 1090. The van der Waals surface area contributed by atoms with Gasteiger partial charge >= 0.3 is 0 Å². The summed E-state index contributed by atoms with van der Waals surface area (Å²) in [4.78, 5) is 27.9. The lowest BCUT2D eigenvalue weighted by Gasteiger charge is -2.15. The zero-order chi connectivity index (χ0) is 21.1. The summed E-state index contributed by atoms with van der Waals surface area (Å²) >= 11 is 0. The minimum Gasteiger partial charge on any atom is -0.338 e. The highest BCUT2D eigenvalue weighted by Gasteiger charge is 2.27. The van der Waals surface area contributed by atoms with Crippen molar-refractivity contribution in [3.05, 3.63) is 65.5 Å². The molecule has 1 fully saturated rings. The number of likely N-dealkylation sites (tertiary alicyclic amines) is 1. The SMILES string of the molecule is Cc1nc(Nc2ncccc2C)cc(C2CCN(C(=O)/C=C/c3cnn(C)c3)C2)n1. The van der Waals surface area contributed by atoms with Crippen LogP contribution >= 0.6 is 0 Å². The number of nitrogens with one attached hydrogen (secondary N) is 1. The number of aryl methyl sites for hydroxylation is 3. The van der Waals surface area contributed by atoms with Gasteiger partial charge in [0, 0.05) is 56.2 Å². The first kappa shape index (κ1) is 19.8. The molecular formula is C22H25N7O. The third kappa shape index (κ3) is 4.53. The summed E-state index contributed by atoms with van der Waals surface area (Å²) < 4.78 is 1.71. The molecule has 8 heteroatoms. The van der Waals surface area contributed by atoms with Crippen LogP contribution in [0.4, 0.5) is 11.6 Å². The van der Waals surface area contributed by atoms with E-state index in [-0.39, 0.29) is 11.8 Å². The van der Waals surface area contributed by atoms with Crippen LogP contribution in [-0.2, 0) is 11.8 Å². The van der Waals surface area contributed by atoms with Crippen LogP contribution in [0.15, 0.2) is 42.9 Å². The van der Waals surface area contributed by atoms with Gasteiger partial charge in [0.1, 0.15) is 17.5 Å². The molecule has 0 saturated carbocycles. The van der Waals surface area contributed by atoms with E-state index in [1.54, 1.807) is 29.2 Å². The number of anilines is 2. The molecule has 3 aromatic rings. The highest BCUT2D eigenvalue weighted by molar-refractivity contribution is 5.92. The Hall–Kier alpha value is -3.55. The average Bonchev–Trinajstić information content (AvgIpc) is 3.37. The van der Waals surface area contributed by atoms with E-state index in [0.29, 0.717) is 18.9 Å². The molecule has 1 atom stereocenters. The van der Waals surface area contributed by atoms with Gasteiger partial charge in [-0.1, -0.05) is 6.07 Å². The molecule has 1 aliphatic heterocycles. The molecule has 4 heterocycles. The lowest BCUT2D eigenvalue weighted by Crippen LogP contribution is -2.26. The van der Waals surface area contributed by atoms with Gasteiger partial charge in [-0.15, -0.1) is 0 Å². The molecule has 30 heavy (non-hydrogen) atoms. The molecule has 0 aliphatic carbocycles. The Kier molecular flexibility index (Phi) is 5.56. The lowest BCUT2D eigenvalue weighted by molar-refractivity contribution is -0.124. The minimum atomic E-state index is 0.00888. The Labute approximate surface area is 175 Å². The van der Waals surface area contributed by atoms with Crippen LogP contribution in [0.5, 0.6) is 0 Å². The molecule has 0 radical (unpaired) electrons. The number of nitrogens with zero attached hydrogens (tertiary/aromatic N) is 6. The molecule has 1 unspecified atom stereocenters. The summed E-state index contributed by atoms with van der Waals surface area (Å²) in [7, 11) is 1.85. The largest absolute Gasteiger partial charge is 0.338 e. The molecule has 0 aromatic carbocycles. The number of hydrogen-bond donors (Lipinski definition) is 1. The number of aromatic nitrogens is 5. The molecule has 0 spiro atoms. The van der Waals surface area contributed by atoms with Crippen LogP contribution in [0.25, 0.3) is 6.08 Å². The topological polar surface area (TPSA) is 88.8 Å². The maximum atomic E-state index is 12.6. The summed E-state index contributed by atoms with van der Waals surface area (Å²) in [6.07, 6.45) is 9.65. The van der Waals surface area contributed by atoms with Gasteiger partial charge in [0.05, 0.1) is 11.9 Å². The van der Waals surface area contributed by atoms with E-state index in [4.69, 9.17) is 0 Å². The Balaban J connectivity index is 1.44. The molecule has 1 N–H and O–H groups in total. The molecule has 1 amide bonds. The number of carbonyl (C=O) groups excluding carboxylic acids is 1. The predicted molar refractivity (Wildman–Crippen MR) is 115 cm³/mol. The van der Waals surface area contributed by atoms with Crippen molar-refractivity contribution in [1.82, 2.24) is 29.6 Å². The molecule has 0 bridgehead atoms. The summed E-state index contributed by atoms with van der Waals surface area (Å²) in [5, 5.41) is 7.40. The number of pyridine rings is 1. The molecule has 1 saturated heterocycles. The Morgan fingerprint density at radius 3 is 2.93 bits per heavy atom. The molecule has 3 aromatic heterocycles. The van der Waals surface area contributed by atoms with Gasteiger partial charge in [-0.25, -0.2) is 15.0 Å². The van der Waals surface area contributed by atoms with E-state index < -0.39 is 0 Å². The van der Waals surface area contributed by atoms with Gasteiger partial charge in [0.2, 0.25) is 5.91 Å². The van der Waals surface area contributed by atoms with Crippen molar-refractivity contribution in [3.8, 4) is 0 Å². The minimum absolute atomic E-state index is 0.00888. The van der Waals surface area contributed by atoms with E-state index in [0.717, 1.165) is 34.9 Å². The first-order valence-electron chi connectivity index (χ1n) is 9.98. The summed E-state index contributed by atoms with van der Waals surface area (Å²) in [5.74, 6) is 2.40. The van der Waals surface area contributed by atoms with E-state index in [1.807, 2.05) is 50.2 Å². The van der Waals surface area contributed by atoms with E-state index in [9.17, 15) is 4.79 Å². The van der Waals surface area contributed by atoms with Crippen molar-refractivity contribution in [3.63, 3.8) is 0 Å². The fourth-order valence-corrected chi connectivity index (χ4v) is 3.60. The normalized spacial score (nSPS) is 16.4. The third-order valence-corrected chi connectivity index (χ3v) is 5.18. The predicted octanol–water partition coefficient (Wildman–Crippen LogP) is 2.99. The highest BCUT2D eigenvalue weighted by atomic mass is 16.2. The maximum absolute atomic E-state index is 12.6. The zero-order valence-corrected chi connectivity index (χ0v) is 17.4. The van der Waals surface area contributed by atoms with Crippen molar-refractivity contribution in [2.75, 3.05) is 18.4 Å². The molecule has 8 nitrogen and oxygen atoms in total. The second-order valence-corrected chi connectivity index (χ2v) is 7.57. The Morgan fingerprint density at radius 1 is 1.30 bits per heavy atom. The van der Waals surface area contributed by atoms with Gasteiger partial charge in [-0.2, -0.15) is 5.10 Å². The molecule has 1 aliphatic rings. The fraction of sp³-hybridized carbons (Fsp3) is 0.318. The van der Waals surface area contributed by atoms with Gasteiger partial charge in [0.25, 0.3) is 0 Å². The maximum Gasteiger partial charge on any atom is 0.246 e. The first-order valence-corrected chi connectivity index (χ1v) is 9.98. The van der Waals surface area contributed by atoms with E-state index in [1.165, 1.54) is 0 Å². The second kappa shape index (κ2) is 8.44. The third-order valence-electron chi connectivity index (χ3n) is 5.18. The number of rotatable bonds is 5. The average molecular weight is 403 g/mol. The van der Waals surface area contributed by atoms with Crippen LogP contribution in [0.1, 0.15) is 35.0 Å². The highest BCUT2D eigenvalue weighted by Crippen LogP contribution is 2.28. The van der Waals surface area contributed by atoms with Gasteiger partial charge in [-0.05, 0) is 38.0 Å². The molecule has 4 rings (SSSR count). The van der Waals surface area contributed by atoms with Crippen LogP contribution < -0.4 is 5.32 Å². The summed E-state index contributed by atoms with van der Waals surface area (Å²) in [6.45, 7) is 5.25. The van der Waals surface area contributed by atoms with Crippen LogP contribution in [0, 0.1) is 13.8 Å². The second-order valence-electron chi connectivity index (χ2n) is 7.57. The van der Waals surface area contributed by atoms with Crippen molar-refractivity contribution in [2.45, 2.75) is 26.2 Å². The quantitative estimate of drug-likeness (QED) is 0.659. The van der Waals surface area contributed by atoms with Crippen LogP contribution in [-0.4, -0.2) is 48.6 Å². The lowest BCUT2D eigenvalue weighted by atomic mass is 10.0. The number of carbonyl (C=O) groups is 1. The number of hydrogen-bond acceptors (Lipinski definition) is 6.